The maximum absolute atomic E-state index is 9.47. The highest BCUT2D eigenvalue weighted by Crippen LogP contribution is 2.08. The molecule has 2 unspecified atom stereocenters. The van der Waals surface area contributed by atoms with E-state index in [9.17, 15) is 5.11 Å². The fourth-order valence-electron chi connectivity index (χ4n) is 1.95. The van der Waals surface area contributed by atoms with Crippen LogP contribution < -0.4 is 5.73 Å². The van der Waals surface area contributed by atoms with Gasteiger partial charge in [-0.1, -0.05) is 81.9 Å². The van der Waals surface area contributed by atoms with Crippen LogP contribution in [-0.4, -0.2) is 29.0 Å². The third-order valence-electron chi connectivity index (χ3n) is 3.40. The topological polar surface area (TPSA) is 66.5 Å². The molecule has 0 aliphatic rings. The predicted molar refractivity (Wildman–Crippen MR) is 91.1 cm³/mol. The number of rotatable bonds is 13. The Bertz CT molecular complexity index is 298. The molecule has 122 valence electrons. The molecule has 21 heavy (non-hydrogen) atoms. The Balaban J connectivity index is 3.50. The van der Waals surface area contributed by atoms with Crippen LogP contribution in [0, 0.1) is 0 Å². The SMILES string of the molecule is CCCCCCCCCC=CC=CC=CC(O)C(N)CO. The Labute approximate surface area is 130 Å². The molecule has 0 spiro atoms. The first-order chi connectivity index (χ1) is 10.2. The van der Waals surface area contributed by atoms with Gasteiger partial charge in [0.15, 0.2) is 0 Å². The Morgan fingerprint density at radius 1 is 0.905 bits per heavy atom. The molecular formula is C18H33NO2. The van der Waals surface area contributed by atoms with E-state index >= 15 is 0 Å². The molecule has 0 aromatic rings. The number of aliphatic hydroxyl groups is 2. The number of hydrogen-bond donors (Lipinski definition) is 3. The predicted octanol–water partition coefficient (Wildman–Crippen LogP) is 3.48. The minimum Gasteiger partial charge on any atom is -0.395 e. The molecule has 3 nitrogen and oxygen atoms in total. The van der Waals surface area contributed by atoms with Gasteiger partial charge in [-0.15, -0.1) is 0 Å². The Morgan fingerprint density at radius 3 is 2.19 bits per heavy atom. The molecular weight excluding hydrogens is 262 g/mol. The van der Waals surface area contributed by atoms with Gasteiger partial charge in [0.25, 0.3) is 0 Å². The van der Waals surface area contributed by atoms with Crippen molar-refractivity contribution >= 4 is 0 Å². The normalized spacial score (nSPS) is 15.4. The van der Waals surface area contributed by atoms with E-state index in [0.717, 1.165) is 6.42 Å². The van der Waals surface area contributed by atoms with Gasteiger partial charge in [-0.25, -0.2) is 0 Å². The smallest absolute Gasteiger partial charge is 0.0897 e. The molecule has 0 aromatic heterocycles. The maximum Gasteiger partial charge on any atom is 0.0897 e. The quantitative estimate of drug-likeness (QED) is 0.360. The number of aliphatic hydroxyl groups excluding tert-OH is 2. The fraction of sp³-hybridized carbons (Fsp3) is 0.667. The summed E-state index contributed by atoms with van der Waals surface area (Å²) in [7, 11) is 0. The van der Waals surface area contributed by atoms with Crippen LogP contribution in [0.5, 0.6) is 0 Å². The minimum atomic E-state index is -0.795. The molecule has 0 aliphatic heterocycles. The molecule has 0 heterocycles. The van der Waals surface area contributed by atoms with E-state index in [4.69, 9.17) is 10.8 Å². The van der Waals surface area contributed by atoms with Crippen LogP contribution in [0.2, 0.25) is 0 Å². The van der Waals surface area contributed by atoms with Crippen molar-refractivity contribution in [3.05, 3.63) is 36.5 Å². The summed E-state index contributed by atoms with van der Waals surface area (Å²) in [4.78, 5) is 0. The summed E-state index contributed by atoms with van der Waals surface area (Å²) < 4.78 is 0. The van der Waals surface area contributed by atoms with Gasteiger partial charge in [0, 0.05) is 0 Å². The lowest BCUT2D eigenvalue weighted by molar-refractivity contribution is 0.144. The summed E-state index contributed by atoms with van der Waals surface area (Å²) >= 11 is 0. The van der Waals surface area contributed by atoms with Crippen LogP contribution in [0.15, 0.2) is 36.5 Å². The summed E-state index contributed by atoms with van der Waals surface area (Å²) in [6, 6.07) is -0.609. The molecule has 0 saturated carbocycles. The van der Waals surface area contributed by atoms with Crippen molar-refractivity contribution in [3.63, 3.8) is 0 Å². The van der Waals surface area contributed by atoms with Gasteiger partial charge in [0.2, 0.25) is 0 Å². The highest BCUT2D eigenvalue weighted by Gasteiger charge is 2.08. The Hall–Kier alpha value is -0.900. The van der Waals surface area contributed by atoms with Gasteiger partial charge in [0.1, 0.15) is 0 Å². The zero-order chi connectivity index (χ0) is 15.8. The second kappa shape index (κ2) is 15.5. The van der Waals surface area contributed by atoms with Crippen molar-refractivity contribution in [2.45, 2.75) is 70.4 Å². The van der Waals surface area contributed by atoms with E-state index in [1.54, 1.807) is 12.2 Å². The van der Waals surface area contributed by atoms with E-state index in [-0.39, 0.29) is 6.61 Å². The average molecular weight is 295 g/mol. The van der Waals surface area contributed by atoms with E-state index < -0.39 is 12.1 Å². The molecule has 2 atom stereocenters. The monoisotopic (exact) mass is 295 g/mol. The number of nitrogens with two attached hydrogens (primary N) is 1. The Morgan fingerprint density at radius 2 is 1.52 bits per heavy atom. The first kappa shape index (κ1) is 20.1. The number of hydrogen-bond acceptors (Lipinski definition) is 3. The molecule has 0 bridgehead atoms. The molecule has 0 amide bonds. The summed E-state index contributed by atoms with van der Waals surface area (Å²) in [5.41, 5.74) is 5.47. The third-order valence-corrected chi connectivity index (χ3v) is 3.40. The second-order valence-electron chi connectivity index (χ2n) is 5.44. The fourth-order valence-corrected chi connectivity index (χ4v) is 1.95. The highest BCUT2D eigenvalue weighted by molar-refractivity contribution is 5.12. The van der Waals surface area contributed by atoms with Crippen LogP contribution in [0.1, 0.15) is 58.3 Å². The van der Waals surface area contributed by atoms with Crippen molar-refractivity contribution in [1.29, 1.82) is 0 Å². The molecule has 0 aromatic carbocycles. The molecule has 0 fully saturated rings. The van der Waals surface area contributed by atoms with Crippen LogP contribution in [0.3, 0.4) is 0 Å². The summed E-state index contributed by atoms with van der Waals surface area (Å²) in [5, 5.41) is 18.2. The van der Waals surface area contributed by atoms with Crippen molar-refractivity contribution in [3.8, 4) is 0 Å². The average Bonchev–Trinajstić information content (AvgIpc) is 2.50. The lowest BCUT2D eigenvalue weighted by atomic mass is 10.1. The Kier molecular flexibility index (Phi) is 14.8. The maximum atomic E-state index is 9.47. The van der Waals surface area contributed by atoms with Crippen molar-refractivity contribution in [2.24, 2.45) is 5.73 Å². The van der Waals surface area contributed by atoms with Crippen molar-refractivity contribution < 1.29 is 10.2 Å². The molecule has 0 rings (SSSR count). The van der Waals surface area contributed by atoms with E-state index in [1.165, 1.54) is 44.9 Å². The lowest BCUT2D eigenvalue weighted by Gasteiger charge is -2.11. The van der Waals surface area contributed by atoms with Gasteiger partial charge < -0.3 is 15.9 Å². The standard InChI is InChI=1S/C18H33NO2/c1-2-3-4-5-6-7-8-9-10-11-12-13-14-15-18(21)17(19)16-20/h10-15,17-18,20-21H,2-9,16,19H2,1H3. The molecule has 0 radical (unpaired) electrons. The first-order valence-corrected chi connectivity index (χ1v) is 8.26. The van der Waals surface area contributed by atoms with E-state index in [2.05, 4.69) is 13.0 Å². The number of allylic oxidation sites excluding steroid dienone is 5. The van der Waals surface area contributed by atoms with Gasteiger partial charge in [-0.05, 0) is 12.8 Å². The van der Waals surface area contributed by atoms with E-state index in [0.29, 0.717) is 0 Å². The molecule has 4 N–H and O–H groups in total. The first-order valence-electron chi connectivity index (χ1n) is 8.26. The van der Waals surface area contributed by atoms with Crippen molar-refractivity contribution in [1.82, 2.24) is 0 Å². The molecule has 0 aliphatic carbocycles. The molecule has 0 saturated heterocycles. The summed E-state index contributed by atoms with van der Waals surface area (Å²) in [6.07, 6.45) is 21.0. The van der Waals surface area contributed by atoms with Gasteiger partial charge in [-0.2, -0.15) is 0 Å². The van der Waals surface area contributed by atoms with Gasteiger partial charge in [0.05, 0.1) is 18.8 Å². The van der Waals surface area contributed by atoms with Gasteiger partial charge >= 0.3 is 0 Å². The highest BCUT2D eigenvalue weighted by atomic mass is 16.3. The summed E-state index contributed by atoms with van der Waals surface area (Å²) in [6.45, 7) is 2.03. The second-order valence-corrected chi connectivity index (χ2v) is 5.44. The van der Waals surface area contributed by atoms with Crippen LogP contribution in [-0.2, 0) is 0 Å². The third kappa shape index (κ3) is 13.8. The largest absolute Gasteiger partial charge is 0.395 e. The van der Waals surface area contributed by atoms with E-state index in [1.807, 2.05) is 18.2 Å². The zero-order valence-corrected chi connectivity index (χ0v) is 13.5. The van der Waals surface area contributed by atoms with Crippen molar-refractivity contribution in [2.75, 3.05) is 6.61 Å². The van der Waals surface area contributed by atoms with Crippen LogP contribution in [0.25, 0.3) is 0 Å². The van der Waals surface area contributed by atoms with Gasteiger partial charge in [-0.3, -0.25) is 0 Å². The van der Waals surface area contributed by atoms with Crippen LogP contribution in [0.4, 0.5) is 0 Å². The zero-order valence-electron chi connectivity index (χ0n) is 13.5. The summed E-state index contributed by atoms with van der Waals surface area (Å²) in [5.74, 6) is 0. The number of unbranched alkanes of at least 4 members (excludes halogenated alkanes) is 7. The lowest BCUT2D eigenvalue weighted by Crippen LogP contribution is -2.36. The van der Waals surface area contributed by atoms with Crippen LogP contribution >= 0.6 is 0 Å². The minimum absolute atomic E-state index is 0.215. The molecule has 3 heteroatoms.